The molecule has 2 amide bonds. The highest BCUT2D eigenvalue weighted by atomic mass is 32.2. The molecular weight excluding hydrogens is 420 g/mol. The van der Waals surface area contributed by atoms with Crippen LogP contribution in [0.5, 0.6) is 5.75 Å². The van der Waals surface area contributed by atoms with Gasteiger partial charge in [0.25, 0.3) is 0 Å². The van der Waals surface area contributed by atoms with Gasteiger partial charge >= 0.3 is 0 Å². The summed E-state index contributed by atoms with van der Waals surface area (Å²) in [5, 5.41) is 2.92. The second-order valence-corrected chi connectivity index (χ2v) is 9.14. The number of methoxy groups -OCH3 is 1. The van der Waals surface area contributed by atoms with Crippen molar-refractivity contribution in [2.75, 3.05) is 23.9 Å². The average Bonchev–Trinajstić information content (AvgIpc) is 2.92. The van der Waals surface area contributed by atoms with Gasteiger partial charge in [0.2, 0.25) is 11.8 Å². The Labute approximate surface area is 192 Å². The Morgan fingerprint density at radius 1 is 1.09 bits per heavy atom. The molecule has 0 radical (unpaired) electrons. The number of anilines is 2. The normalized spacial score (nSPS) is 15.7. The number of nitrogens with one attached hydrogen (secondary N) is 1. The van der Waals surface area contributed by atoms with Crippen LogP contribution in [0.2, 0.25) is 0 Å². The molecule has 4 rings (SSSR count). The van der Waals surface area contributed by atoms with Crippen molar-refractivity contribution in [3.63, 3.8) is 0 Å². The van der Waals surface area contributed by atoms with Crippen LogP contribution < -0.4 is 15.0 Å². The minimum absolute atomic E-state index is 0.0287. The minimum Gasteiger partial charge on any atom is -0.497 e. The fourth-order valence-electron chi connectivity index (χ4n) is 3.84. The Morgan fingerprint density at radius 3 is 2.56 bits per heavy atom. The molecule has 0 aliphatic carbocycles. The largest absolute Gasteiger partial charge is 0.497 e. The van der Waals surface area contributed by atoms with E-state index in [0.717, 1.165) is 38.7 Å². The summed E-state index contributed by atoms with van der Waals surface area (Å²) < 4.78 is 5.26. The number of nitrogens with zero attached hydrogens (tertiary/aromatic N) is 1. The van der Waals surface area contributed by atoms with Crippen molar-refractivity contribution in [3.05, 3.63) is 83.4 Å². The van der Waals surface area contributed by atoms with E-state index in [9.17, 15) is 9.59 Å². The molecule has 1 heterocycles. The molecule has 0 bridgehead atoms. The molecule has 1 atom stereocenters. The molecule has 0 unspecified atom stereocenters. The van der Waals surface area contributed by atoms with E-state index in [0.29, 0.717) is 6.42 Å². The number of rotatable bonds is 5. The number of fused-ring (bicyclic) bond motifs is 1. The van der Waals surface area contributed by atoms with Gasteiger partial charge in [0.05, 0.1) is 12.8 Å². The van der Waals surface area contributed by atoms with Crippen LogP contribution in [-0.4, -0.2) is 25.5 Å². The van der Waals surface area contributed by atoms with Gasteiger partial charge in [-0.25, -0.2) is 0 Å². The Kier molecular flexibility index (Phi) is 6.51. The molecule has 0 aromatic heterocycles. The van der Waals surface area contributed by atoms with Crippen LogP contribution >= 0.6 is 11.8 Å². The first-order chi connectivity index (χ1) is 15.4. The molecule has 5 nitrogen and oxygen atoms in total. The van der Waals surface area contributed by atoms with E-state index in [1.54, 1.807) is 23.8 Å². The summed E-state index contributed by atoms with van der Waals surface area (Å²) in [6.07, 6.45) is 0.308. The highest BCUT2D eigenvalue weighted by Gasteiger charge is 2.30. The highest BCUT2D eigenvalue weighted by Crippen LogP contribution is 2.45. The van der Waals surface area contributed by atoms with Gasteiger partial charge in [-0.15, -0.1) is 11.8 Å². The molecule has 3 aromatic carbocycles. The first-order valence-electron chi connectivity index (χ1n) is 10.5. The number of aryl methyl sites for hydroxylation is 2. The van der Waals surface area contributed by atoms with Crippen LogP contribution in [0.4, 0.5) is 11.4 Å². The van der Waals surface area contributed by atoms with E-state index in [-0.39, 0.29) is 23.6 Å². The molecule has 0 fully saturated rings. The van der Waals surface area contributed by atoms with E-state index in [2.05, 4.69) is 5.32 Å². The summed E-state index contributed by atoms with van der Waals surface area (Å²) in [5.41, 5.74) is 4.73. The third kappa shape index (κ3) is 4.81. The highest BCUT2D eigenvalue weighted by molar-refractivity contribution is 7.99. The number of thioether (sulfide) groups is 1. The van der Waals surface area contributed by atoms with Crippen LogP contribution in [0.3, 0.4) is 0 Å². The number of carbonyl (C=O) groups is 2. The lowest BCUT2D eigenvalue weighted by atomic mass is 10.1. The van der Waals surface area contributed by atoms with Crippen molar-refractivity contribution in [3.8, 4) is 5.75 Å². The third-order valence-corrected chi connectivity index (χ3v) is 6.85. The molecule has 0 saturated heterocycles. The Hall–Kier alpha value is -3.25. The molecular formula is C26H26N2O3S. The molecule has 6 heteroatoms. The van der Waals surface area contributed by atoms with Crippen molar-refractivity contribution < 1.29 is 14.3 Å². The maximum Gasteiger partial charge on any atom is 0.244 e. The lowest BCUT2D eigenvalue weighted by molar-refractivity contribution is -0.121. The minimum atomic E-state index is -0.215. The second-order valence-electron chi connectivity index (χ2n) is 7.90. The summed E-state index contributed by atoms with van der Waals surface area (Å²) in [5.74, 6) is 0.496. The first-order valence-corrected chi connectivity index (χ1v) is 11.4. The number of carbonyl (C=O) groups excluding carboxylic acids is 2. The van der Waals surface area contributed by atoms with Crippen molar-refractivity contribution >= 4 is 35.0 Å². The number of hydrogen-bond acceptors (Lipinski definition) is 4. The predicted octanol–water partition coefficient (Wildman–Crippen LogP) is 5.52. The zero-order valence-electron chi connectivity index (χ0n) is 18.4. The number of amides is 2. The Bertz CT molecular complexity index is 1140. The van der Waals surface area contributed by atoms with Gasteiger partial charge < -0.3 is 15.0 Å². The van der Waals surface area contributed by atoms with Crippen molar-refractivity contribution in [1.82, 2.24) is 0 Å². The molecule has 0 saturated carbocycles. The standard InChI is InChI=1S/C26H26N2O3S/c1-17-8-13-21(18(2)14-17)27-25(29)16-28-22-6-4-5-7-23(22)32-24(15-26(28)30)19-9-11-20(31-3)12-10-19/h4-14,24H,15-16H2,1-3H3,(H,27,29)/t24-/m0/s1. The summed E-state index contributed by atoms with van der Waals surface area (Å²) in [7, 11) is 1.64. The maximum atomic E-state index is 13.3. The van der Waals surface area contributed by atoms with Gasteiger partial charge in [0.15, 0.2) is 0 Å². The van der Waals surface area contributed by atoms with Crippen LogP contribution in [0, 0.1) is 13.8 Å². The van der Waals surface area contributed by atoms with Crippen LogP contribution in [0.15, 0.2) is 71.6 Å². The van der Waals surface area contributed by atoms with Gasteiger partial charge in [0.1, 0.15) is 12.3 Å². The summed E-state index contributed by atoms with van der Waals surface area (Å²) in [6.45, 7) is 3.95. The molecule has 1 aliphatic rings. The van der Waals surface area contributed by atoms with Crippen molar-refractivity contribution in [1.29, 1.82) is 0 Å². The van der Waals surface area contributed by atoms with Crippen LogP contribution in [-0.2, 0) is 9.59 Å². The lowest BCUT2D eigenvalue weighted by Gasteiger charge is -2.22. The van der Waals surface area contributed by atoms with E-state index >= 15 is 0 Å². The molecule has 0 spiro atoms. The average molecular weight is 447 g/mol. The monoisotopic (exact) mass is 446 g/mol. The van der Waals surface area contributed by atoms with Crippen molar-refractivity contribution in [2.45, 2.75) is 30.4 Å². The quantitative estimate of drug-likeness (QED) is 0.561. The second kappa shape index (κ2) is 9.49. The maximum absolute atomic E-state index is 13.3. The molecule has 1 N–H and O–H groups in total. The summed E-state index contributed by atoms with van der Waals surface area (Å²) >= 11 is 1.65. The zero-order valence-corrected chi connectivity index (χ0v) is 19.2. The Balaban J connectivity index is 1.57. The number of benzene rings is 3. The van der Waals surface area contributed by atoms with Crippen LogP contribution in [0.1, 0.15) is 28.4 Å². The molecule has 164 valence electrons. The van der Waals surface area contributed by atoms with Gasteiger partial charge in [-0.05, 0) is 55.3 Å². The van der Waals surface area contributed by atoms with E-state index in [1.165, 1.54) is 0 Å². The van der Waals surface area contributed by atoms with E-state index in [1.807, 2.05) is 80.6 Å². The van der Waals surface area contributed by atoms with E-state index in [4.69, 9.17) is 4.74 Å². The molecule has 1 aliphatic heterocycles. The van der Waals surface area contributed by atoms with Gasteiger partial charge in [-0.3, -0.25) is 9.59 Å². The fraction of sp³-hybridized carbons (Fsp3) is 0.231. The van der Waals surface area contributed by atoms with Crippen molar-refractivity contribution in [2.24, 2.45) is 0 Å². The fourth-order valence-corrected chi connectivity index (χ4v) is 5.12. The molecule has 3 aromatic rings. The summed E-state index contributed by atoms with van der Waals surface area (Å²) in [4.78, 5) is 28.8. The predicted molar refractivity (Wildman–Crippen MR) is 130 cm³/mol. The topological polar surface area (TPSA) is 58.6 Å². The Morgan fingerprint density at radius 2 is 1.84 bits per heavy atom. The van der Waals surface area contributed by atoms with Gasteiger partial charge in [0, 0.05) is 22.3 Å². The van der Waals surface area contributed by atoms with Gasteiger partial charge in [-0.2, -0.15) is 0 Å². The third-order valence-electron chi connectivity index (χ3n) is 5.53. The molecule has 32 heavy (non-hydrogen) atoms. The number of para-hydroxylation sites is 1. The number of hydrogen-bond donors (Lipinski definition) is 1. The lowest BCUT2D eigenvalue weighted by Crippen LogP contribution is -2.38. The van der Waals surface area contributed by atoms with Crippen LogP contribution in [0.25, 0.3) is 0 Å². The zero-order chi connectivity index (χ0) is 22.7. The van der Waals surface area contributed by atoms with Gasteiger partial charge in [-0.1, -0.05) is 42.0 Å². The summed E-state index contributed by atoms with van der Waals surface area (Å²) in [6, 6.07) is 21.5. The number of ether oxygens (including phenoxy) is 1. The SMILES string of the molecule is COc1ccc([C@@H]2CC(=O)N(CC(=O)Nc3ccc(C)cc3C)c3ccccc3S2)cc1. The first kappa shape index (κ1) is 22.0. The smallest absolute Gasteiger partial charge is 0.244 e. The van der Waals surface area contributed by atoms with E-state index < -0.39 is 0 Å².